The van der Waals surface area contributed by atoms with Gasteiger partial charge in [-0.05, 0) is 61.2 Å². The maximum Gasteiger partial charge on any atom is 0.266 e. The van der Waals surface area contributed by atoms with Gasteiger partial charge in [-0.3, -0.25) is 9.69 Å². The van der Waals surface area contributed by atoms with Crippen LogP contribution in [0.1, 0.15) is 21.7 Å². The van der Waals surface area contributed by atoms with Gasteiger partial charge in [0.15, 0.2) is 0 Å². The van der Waals surface area contributed by atoms with Crippen molar-refractivity contribution in [3.63, 3.8) is 0 Å². The van der Waals surface area contributed by atoms with Crippen molar-refractivity contribution in [3.8, 4) is 0 Å². The van der Waals surface area contributed by atoms with Gasteiger partial charge in [-0.1, -0.05) is 18.2 Å². The molecule has 0 saturated carbocycles. The van der Waals surface area contributed by atoms with Crippen molar-refractivity contribution in [1.29, 1.82) is 0 Å². The fourth-order valence-electron chi connectivity index (χ4n) is 3.71. The Bertz CT molecular complexity index is 1180. The molecule has 0 atom stereocenters. The minimum Gasteiger partial charge on any atom is -0.379 e. The molecule has 1 amide bonds. The molecule has 0 radical (unpaired) electrons. The Morgan fingerprint density at radius 2 is 1.81 bits per heavy atom. The summed E-state index contributed by atoms with van der Waals surface area (Å²) >= 11 is 1.45. The van der Waals surface area contributed by atoms with Crippen molar-refractivity contribution in [2.75, 3.05) is 44.7 Å². The normalized spacial score (nSPS) is 15.2. The van der Waals surface area contributed by atoms with Crippen LogP contribution in [0.5, 0.6) is 0 Å². The van der Waals surface area contributed by atoms with E-state index in [2.05, 4.69) is 14.9 Å². The van der Waals surface area contributed by atoms with E-state index in [1.807, 2.05) is 31.2 Å². The number of rotatable bonds is 8. The summed E-state index contributed by atoms with van der Waals surface area (Å²) in [6, 6.07) is 14.2. The van der Waals surface area contributed by atoms with Crippen molar-refractivity contribution in [2.45, 2.75) is 18.2 Å². The molecule has 0 spiro atoms. The van der Waals surface area contributed by atoms with Gasteiger partial charge < -0.3 is 10.1 Å². The third-order valence-electron chi connectivity index (χ3n) is 5.52. The lowest BCUT2D eigenvalue weighted by Crippen LogP contribution is -2.38. The molecule has 7 nitrogen and oxygen atoms in total. The molecule has 0 bridgehead atoms. The van der Waals surface area contributed by atoms with Crippen LogP contribution in [0.15, 0.2) is 53.4 Å². The lowest BCUT2D eigenvalue weighted by Gasteiger charge is -2.26. The number of fused-ring (bicyclic) bond motifs is 1. The highest BCUT2D eigenvalue weighted by Gasteiger charge is 2.17. The first kappa shape index (κ1) is 22.9. The van der Waals surface area contributed by atoms with Gasteiger partial charge in [0.1, 0.15) is 0 Å². The molecule has 1 fully saturated rings. The molecular weight excluding hydrogens is 446 g/mol. The Balaban J connectivity index is 1.33. The second-order valence-corrected chi connectivity index (χ2v) is 10.6. The van der Waals surface area contributed by atoms with E-state index in [0.717, 1.165) is 54.9 Å². The molecule has 1 saturated heterocycles. The zero-order chi connectivity index (χ0) is 22.6. The summed E-state index contributed by atoms with van der Waals surface area (Å²) in [5.74, 6) is -0.194. The number of anilines is 1. The molecule has 170 valence electrons. The van der Waals surface area contributed by atoms with Crippen LogP contribution in [0.2, 0.25) is 0 Å². The zero-order valence-corrected chi connectivity index (χ0v) is 19.6. The standard InChI is InChI=1S/C23H27N3O4S2/c1-17-20-5-2-3-6-21(20)31-22(17)23(27)25-18-7-9-19(10-8-18)32(28,29)24-11-4-12-26-13-15-30-16-14-26/h2-3,5-10,24H,4,11-16H2,1H3,(H,25,27). The van der Waals surface area contributed by atoms with Crippen LogP contribution in [0, 0.1) is 6.92 Å². The lowest BCUT2D eigenvalue weighted by molar-refractivity contribution is 0.0376. The minimum absolute atomic E-state index is 0.180. The van der Waals surface area contributed by atoms with E-state index in [1.54, 1.807) is 12.1 Å². The Kier molecular flexibility index (Phi) is 7.22. The molecule has 3 aromatic rings. The summed E-state index contributed by atoms with van der Waals surface area (Å²) in [5, 5.41) is 3.94. The van der Waals surface area contributed by atoms with Crippen LogP contribution in [0.3, 0.4) is 0 Å². The maximum absolute atomic E-state index is 12.7. The quantitative estimate of drug-likeness (QED) is 0.489. The summed E-state index contributed by atoms with van der Waals surface area (Å²) in [7, 11) is -3.59. The van der Waals surface area contributed by atoms with E-state index >= 15 is 0 Å². The highest BCUT2D eigenvalue weighted by Crippen LogP contribution is 2.31. The summed E-state index contributed by atoms with van der Waals surface area (Å²) < 4.78 is 34.1. The molecule has 2 heterocycles. The number of nitrogens with one attached hydrogen (secondary N) is 2. The molecule has 1 aliphatic rings. The highest BCUT2D eigenvalue weighted by atomic mass is 32.2. The molecule has 32 heavy (non-hydrogen) atoms. The van der Waals surface area contributed by atoms with Crippen molar-refractivity contribution in [2.24, 2.45) is 0 Å². The summed E-state index contributed by atoms with van der Waals surface area (Å²) in [6.45, 7) is 6.40. The summed E-state index contributed by atoms with van der Waals surface area (Å²) in [5.41, 5.74) is 1.50. The van der Waals surface area contributed by atoms with E-state index in [9.17, 15) is 13.2 Å². The van der Waals surface area contributed by atoms with Crippen LogP contribution in [0.25, 0.3) is 10.1 Å². The number of morpholine rings is 1. The van der Waals surface area contributed by atoms with Gasteiger partial charge in [-0.25, -0.2) is 13.1 Å². The first-order chi connectivity index (χ1) is 15.4. The SMILES string of the molecule is Cc1c(C(=O)Nc2ccc(S(=O)(=O)NCCCN3CCOCC3)cc2)sc2ccccc12. The van der Waals surface area contributed by atoms with Crippen LogP contribution in [0.4, 0.5) is 5.69 Å². The van der Waals surface area contributed by atoms with E-state index in [0.29, 0.717) is 17.1 Å². The second kappa shape index (κ2) is 10.1. The van der Waals surface area contributed by atoms with E-state index in [1.165, 1.54) is 23.5 Å². The van der Waals surface area contributed by atoms with Crippen molar-refractivity contribution < 1.29 is 17.9 Å². The smallest absolute Gasteiger partial charge is 0.266 e. The van der Waals surface area contributed by atoms with Crippen molar-refractivity contribution in [3.05, 3.63) is 59.0 Å². The Labute approximate surface area is 192 Å². The predicted molar refractivity (Wildman–Crippen MR) is 128 cm³/mol. The molecule has 0 unspecified atom stereocenters. The molecule has 2 aromatic carbocycles. The first-order valence-electron chi connectivity index (χ1n) is 10.6. The number of aryl methyl sites for hydroxylation is 1. The highest BCUT2D eigenvalue weighted by molar-refractivity contribution is 7.89. The number of carbonyl (C=O) groups is 1. The van der Waals surface area contributed by atoms with Gasteiger partial charge in [0, 0.05) is 30.0 Å². The third kappa shape index (κ3) is 5.36. The number of hydrogen-bond donors (Lipinski definition) is 2. The van der Waals surface area contributed by atoms with E-state index < -0.39 is 10.0 Å². The number of carbonyl (C=O) groups excluding carboxylic acids is 1. The van der Waals surface area contributed by atoms with Gasteiger partial charge in [-0.15, -0.1) is 11.3 Å². The number of sulfonamides is 1. The fourth-order valence-corrected chi connectivity index (χ4v) is 5.89. The number of amides is 1. The van der Waals surface area contributed by atoms with Gasteiger partial charge in [0.05, 0.1) is 23.0 Å². The Morgan fingerprint density at radius 3 is 2.53 bits per heavy atom. The zero-order valence-electron chi connectivity index (χ0n) is 18.0. The summed E-state index contributed by atoms with van der Waals surface area (Å²) in [6.07, 6.45) is 0.738. The molecule has 4 rings (SSSR count). The predicted octanol–water partition coefficient (Wildman–Crippen LogP) is 3.46. The lowest BCUT2D eigenvalue weighted by atomic mass is 10.1. The minimum atomic E-state index is -3.59. The van der Waals surface area contributed by atoms with Gasteiger partial charge >= 0.3 is 0 Å². The van der Waals surface area contributed by atoms with E-state index in [-0.39, 0.29) is 10.8 Å². The van der Waals surface area contributed by atoms with Crippen LogP contribution in [-0.2, 0) is 14.8 Å². The van der Waals surface area contributed by atoms with Crippen LogP contribution in [-0.4, -0.2) is 58.6 Å². The molecule has 2 N–H and O–H groups in total. The molecular formula is C23H27N3O4S2. The van der Waals surface area contributed by atoms with Crippen molar-refractivity contribution >= 4 is 43.0 Å². The maximum atomic E-state index is 12.7. The number of benzene rings is 2. The van der Waals surface area contributed by atoms with Crippen LogP contribution < -0.4 is 10.0 Å². The fraction of sp³-hybridized carbons (Fsp3) is 0.348. The molecule has 1 aromatic heterocycles. The number of ether oxygens (including phenoxy) is 1. The first-order valence-corrected chi connectivity index (χ1v) is 12.9. The number of thiophene rings is 1. The largest absolute Gasteiger partial charge is 0.379 e. The van der Waals surface area contributed by atoms with Gasteiger partial charge in [-0.2, -0.15) is 0 Å². The molecule has 1 aliphatic heterocycles. The Morgan fingerprint density at radius 1 is 1.09 bits per heavy atom. The average Bonchev–Trinajstić information content (AvgIpc) is 3.15. The van der Waals surface area contributed by atoms with Crippen LogP contribution >= 0.6 is 11.3 Å². The Hall–Kier alpha value is -2.30. The molecule has 0 aliphatic carbocycles. The van der Waals surface area contributed by atoms with Gasteiger partial charge in [0.2, 0.25) is 10.0 Å². The molecule has 9 heteroatoms. The van der Waals surface area contributed by atoms with Gasteiger partial charge in [0.25, 0.3) is 5.91 Å². The topological polar surface area (TPSA) is 87.7 Å². The monoisotopic (exact) mass is 473 g/mol. The second-order valence-electron chi connectivity index (χ2n) is 7.74. The average molecular weight is 474 g/mol. The summed E-state index contributed by atoms with van der Waals surface area (Å²) in [4.78, 5) is 15.9. The van der Waals surface area contributed by atoms with Crippen molar-refractivity contribution in [1.82, 2.24) is 9.62 Å². The number of nitrogens with zero attached hydrogens (tertiary/aromatic N) is 1. The number of hydrogen-bond acceptors (Lipinski definition) is 6. The van der Waals surface area contributed by atoms with E-state index in [4.69, 9.17) is 4.74 Å². The third-order valence-corrected chi connectivity index (χ3v) is 8.27.